The lowest BCUT2D eigenvalue weighted by molar-refractivity contribution is 0.102. The number of aromatic nitrogens is 1. The smallest absolute Gasteiger partial charge is 0.257 e. The van der Waals surface area contributed by atoms with E-state index in [1.807, 2.05) is 0 Å². The molecule has 18 heavy (non-hydrogen) atoms. The molecule has 0 unspecified atom stereocenters. The van der Waals surface area contributed by atoms with E-state index in [1.165, 1.54) is 17.4 Å². The van der Waals surface area contributed by atoms with Crippen molar-refractivity contribution >= 4 is 34.0 Å². The molecular formula is C11H7ClN2O3S. The van der Waals surface area contributed by atoms with Crippen molar-refractivity contribution in [2.75, 3.05) is 12.1 Å². The number of carbonyl (C=O) groups excluding carboxylic acids is 1. The van der Waals surface area contributed by atoms with Crippen LogP contribution in [0.15, 0.2) is 23.7 Å². The molecule has 2 aromatic rings. The number of rotatable bonds is 2. The van der Waals surface area contributed by atoms with E-state index in [4.69, 9.17) is 21.1 Å². The van der Waals surface area contributed by atoms with Gasteiger partial charge in [0, 0.05) is 17.1 Å². The van der Waals surface area contributed by atoms with Gasteiger partial charge in [-0.3, -0.25) is 10.1 Å². The SMILES string of the molecule is O=C(Nc1nccs1)c1cc(Cl)c2c(c1)OCO2. The van der Waals surface area contributed by atoms with Crippen LogP contribution in [0.2, 0.25) is 5.02 Å². The van der Waals surface area contributed by atoms with Crippen molar-refractivity contribution in [1.82, 2.24) is 4.98 Å². The molecule has 0 saturated heterocycles. The molecule has 5 nitrogen and oxygen atoms in total. The second-order valence-electron chi connectivity index (χ2n) is 3.48. The Bertz CT molecular complexity index is 601. The van der Waals surface area contributed by atoms with E-state index in [9.17, 15) is 4.79 Å². The number of amides is 1. The lowest BCUT2D eigenvalue weighted by Crippen LogP contribution is -2.11. The number of benzene rings is 1. The second kappa shape index (κ2) is 4.47. The van der Waals surface area contributed by atoms with Crippen LogP contribution in [0.4, 0.5) is 5.13 Å². The van der Waals surface area contributed by atoms with Crippen molar-refractivity contribution < 1.29 is 14.3 Å². The van der Waals surface area contributed by atoms with Gasteiger partial charge < -0.3 is 9.47 Å². The van der Waals surface area contributed by atoms with Gasteiger partial charge in [0.15, 0.2) is 16.6 Å². The van der Waals surface area contributed by atoms with Crippen LogP contribution in [-0.4, -0.2) is 17.7 Å². The lowest BCUT2D eigenvalue weighted by Gasteiger charge is -2.04. The number of halogens is 1. The summed E-state index contributed by atoms with van der Waals surface area (Å²) in [5.41, 5.74) is 0.402. The van der Waals surface area contributed by atoms with Gasteiger partial charge in [0.25, 0.3) is 5.91 Å². The summed E-state index contributed by atoms with van der Waals surface area (Å²) in [7, 11) is 0. The van der Waals surface area contributed by atoms with Crippen LogP contribution in [0.5, 0.6) is 11.5 Å². The fourth-order valence-electron chi connectivity index (χ4n) is 1.55. The van der Waals surface area contributed by atoms with E-state index in [0.29, 0.717) is 27.2 Å². The summed E-state index contributed by atoms with van der Waals surface area (Å²) >= 11 is 7.35. The van der Waals surface area contributed by atoms with Crippen molar-refractivity contribution in [1.29, 1.82) is 0 Å². The molecule has 1 aliphatic rings. The van der Waals surface area contributed by atoms with Crippen molar-refractivity contribution in [2.24, 2.45) is 0 Å². The highest BCUT2D eigenvalue weighted by atomic mass is 35.5. The highest BCUT2D eigenvalue weighted by molar-refractivity contribution is 7.13. The van der Waals surface area contributed by atoms with Gasteiger partial charge in [0.2, 0.25) is 6.79 Å². The van der Waals surface area contributed by atoms with Crippen LogP contribution < -0.4 is 14.8 Å². The first-order valence-corrected chi connectivity index (χ1v) is 6.30. The highest BCUT2D eigenvalue weighted by Gasteiger charge is 2.20. The molecule has 3 rings (SSSR count). The maximum absolute atomic E-state index is 12.0. The molecule has 0 saturated carbocycles. The Kier molecular flexibility index (Phi) is 2.81. The van der Waals surface area contributed by atoms with Gasteiger partial charge in [-0.2, -0.15) is 0 Å². The summed E-state index contributed by atoms with van der Waals surface area (Å²) in [6.45, 7) is 0.118. The molecule has 2 heterocycles. The van der Waals surface area contributed by atoms with Gasteiger partial charge in [0.1, 0.15) is 0 Å². The minimum absolute atomic E-state index is 0.118. The Balaban J connectivity index is 1.88. The molecule has 0 aliphatic carbocycles. The summed E-state index contributed by atoms with van der Waals surface area (Å²) in [5, 5.41) is 5.34. The number of nitrogens with zero attached hydrogens (tertiary/aromatic N) is 1. The van der Waals surface area contributed by atoms with E-state index in [-0.39, 0.29) is 12.7 Å². The first kappa shape index (κ1) is 11.3. The standard InChI is InChI=1S/C11H7ClN2O3S/c12-7-3-6(4-8-9(7)17-5-16-8)10(15)14-11-13-1-2-18-11/h1-4H,5H2,(H,13,14,15). The molecule has 1 N–H and O–H groups in total. The van der Waals surface area contributed by atoms with Gasteiger partial charge in [-0.25, -0.2) is 4.98 Å². The molecule has 0 bridgehead atoms. The van der Waals surface area contributed by atoms with Crippen LogP contribution >= 0.6 is 22.9 Å². The number of hydrogen-bond donors (Lipinski definition) is 1. The summed E-state index contributed by atoms with van der Waals surface area (Å²) in [6, 6.07) is 3.13. The third kappa shape index (κ3) is 2.00. The van der Waals surface area contributed by atoms with Crippen molar-refractivity contribution in [2.45, 2.75) is 0 Å². The van der Waals surface area contributed by atoms with Gasteiger partial charge in [0.05, 0.1) is 5.02 Å². The number of hydrogen-bond acceptors (Lipinski definition) is 5. The normalized spacial score (nSPS) is 12.5. The molecule has 0 radical (unpaired) electrons. The van der Waals surface area contributed by atoms with Gasteiger partial charge in [-0.15, -0.1) is 11.3 Å². The van der Waals surface area contributed by atoms with Crippen LogP contribution in [0, 0.1) is 0 Å². The molecule has 1 aliphatic heterocycles. The zero-order chi connectivity index (χ0) is 12.5. The number of ether oxygens (including phenoxy) is 2. The second-order valence-corrected chi connectivity index (χ2v) is 4.79. The molecular weight excluding hydrogens is 276 g/mol. The third-order valence-electron chi connectivity index (χ3n) is 2.34. The maximum atomic E-state index is 12.0. The molecule has 0 fully saturated rings. The predicted molar refractivity (Wildman–Crippen MR) is 67.6 cm³/mol. The fourth-order valence-corrected chi connectivity index (χ4v) is 2.34. The maximum Gasteiger partial charge on any atom is 0.257 e. The Labute approximate surface area is 111 Å². The van der Waals surface area contributed by atoms with E-state index >= 15 is 0 Å². The number of carbonyl (C=O) groups is 1. The lowest BCUT2D eigenvalue weighted by atomic mass is 10.2. The van der Waals surface area contributed by atoms with Gasteiger partial charge >= 0.3 is 0 Å². The van der Waals surface area contributed by atoms with E-state index < -0.39 is 0 Å². The van der Waals surface area contributed by atoms with E-state index in [0.717, 1.165) is 0 Å². The summed E-state index contributed by atoms with van der Waals surface area (Å²) in [4.78, 5) is 15.9. The molecule has 1 aromatic carbocycles. The Morgan fingerprint density at radius 2 is 2.33 bits per heavy atom. The zero-order valence-electron chi connectivity index (χ0n) is 8.97. The Hall–Kier alpha value is -1.79. The zero-order valence-corrected chi connectivity index (χ0v) is 10.5. The molecule has 1 aromatic heterocycles. The average molecular weight is 283 g/mol. The van der Waals surface area contributed by atoms with Gasteiger partial charge in [-0.1, -0.05) is 11.6 Å². The largest absolute Gasteiger partial charge is 0.454 e. The van der Waals surface area contributed by atoms with Crippen LogP contribution in [-0.2, 0) is 0 Å². The number of thiazole rings is 1. The minimum Gasteiger partial charge on any atom is -0.454 e. The van der Waals surface area contributed by atoms with Crippen molar-refractivity contribution in [3.05, 3.63) is 34.3 Å². The predicted octanol–water partition coefficient (Wildman–Crippen LogP) is 2.78. The molecule has 0 spiro atoms. The molecule has 0 atom stereocenters. The summed E-state index contributed by atoms with van der Waals surface area (Å²) in [5.74, 6) is 0.666. The molecule has 1 amide bonds. The fraction of sp³-hybridized carbons (Fsp3) is 0.0909. The molecule has 7 heteroatoms. The first-order valence-electron chi connectivity index (χ1n) is 5.04. The Morgan fingerprint density at radius 3 is 3.11 bits per heavy atom. The van der Waals surface area contributed by atoms with E-state index in [2.05, 4.69) is 10.3 Å². The Morgan fingerprint density at radius 1 is 1.44 bits per heavy atom. The highest BCUT2D eigenvalue weighted by Crippen LogP contribution is 2.39. The van der Waals surface area contributed by atoms with Gasteiger partial charge in [-0.05, 0) is 12.1 Å². The number of anilines is 1. The first-order chi connectivity index (χ1) is 8.74. The van der Waals surface area contributed by atoms with Crippen LogP contribution in [0.25, 0.3) is 0 Å². The van der Waals surface area contributed by atoms with Crippen molar-refractivity contribution in [3.63, 3.8) is 0 Å². The number of nitrogens with one attached hydrogen (secondary N) is 1. The topological polar surface area (TPSA) is 60.5 Å². The minimum atomic E-state index is -0.287. The van der Waals surface area contributed by atoms with E-state index in [1.54, 1.807) is 17.6 Å². The van der Waals surface area contributed by atoms with Crippen molar-refractivity contribution in [3.8, 4) is 11.5 Å². The monoisotopic (exact) mass is 282 g/mol. The van der Waals surface area contributed by atoms with Crippen LogP contribution in [0.1, 0.15) is 10.4 Å². The summed E-state index contributed by atoms with van der Waals surface area (Å²) < 4.78 is 10.4. The quantitative estimate of drug-likeness (QED) is 0.920. The molecule has 92 valence electrons. The average Bonchev–Trinajstić information content (AvgIpc) is 2.98. The number of fused-ring (bicyclic) bond motifs is 1. The summed E-state index contributed by atoms with van der Waals surface area (Å²) in [6.07, 6.45) is 1.62. The van der Waals surface area contributed by atoms with Crippen LogP contribution in [0.3, 0.4) is 0 Å². The third-order valence-corrected chi connectivity index (χ3v) is 3.31.